The highest BCUT2D eigenvalue weighted by atomic mass is 19.3. The first-order valence-electron chi connectivity index (χ1n) is 9.14. The van der Waals surface area contributed by atoms with Gasteiger partial charge in [-0.3, -0.25) is 9.80 Å². The number of piperidine rings is 2. The van der Waals surface area contributed by atoms with E-state index in [1.807, 2.05) is 4.90 Å². The largest absolute Gasteiger partial charge is 0.297 e. The molecule has 22 heavy (non-hydrogen) atoms. The van der Waals surface area contributed by atoms with Gasteiger partial charge in [-0.05, 0) is 63.1 Å². The zero-order valence-corrected chi connectivity index (χ0v) is 14.8. The van der Waals surface area contributed by atoms with E-state index in [2.05, 4.69) is 32.6 Å². The molecule has 2 aliphatic heterocycles. The molecular weight excluding hydrogens is 282 g/mol. The van der Waals surface area contributed by atoms with Gasteiger partial charge in [-0.25, -0.2) is 8.78 Å². The van der Waals surface area contributed by atoms with Crippen LogP contribution in [0.3, 0.4) is 0 Å². The second kappa shape index (κ2) is 7.57. The van der Waals surface area contributed by atoms with E-state index in [9.17, 15) is 8.78 Å². The van der Waals surface area contributed by atoms with Crippen molar-refractivity contribution in [2.24, 2.45) is 17.8 Å². The van der Waals surface area contributed by atoms with E-state index in [0.717, 1.165) is 51.4 Å². The summed E-state index contributed by atoms with van der Waals surface area (Å²) in [7, 11) is 0. The quantitative estimate of drug-likeness (QED) is 0.753. The highest BCUT2D eigenvalue weighted by Crippen LogP contribution is 2.35. The van der Waals surface area contributed by atoms with Crippen LogP contribution in [0.1, 0.15) is 53.4 Å². The molecule has 2 fully saturated rings. The molecule has 130 valence electrons. The fourth-order valence-electron chi connectivity index (χ4n) is 3.98. The molecule has 2 aliphatic rings. The lowest BCUT2D eigenvalue weighted by atomic mass is 9.85. The van der Waals surface area contributed by atoms with Crippen LogP contribution in [-0.2, 0) is 0 Å². The lowest BCUT2D eigenvalue weighted by Crippen LogP contribution is -2.59. The SMILES string of the molecule is CC(C)CCN1CCC(N2CCC(C(C)C)CC2)C(F)(F)C1. The highest BCUT2D eigenvalue weighted by molar-refractivity contribution is 4.94. The third-order valence-electron chi connectivity index (χ3n) is 5.62. The lowest BCUT2D eigenvalue weighted by Gasteiger charge is -2.46. The Labute approximate surface area is 135 Å². The molecule has 4 heteroatoms. The highest BCUT2D eigenvalue weighted by Gasteiger charge is 2.47. The average molecular weight is 316 g/mol. The van der Waals surface area contributed by atoms with Crippen molar-refractivity contribution in [3.8, 4) is 0 Å². The van der Waals surface area contributed by atoms with E-state index in [4.69, 9.17) is 0 Å². The maximum Gasteiger partial charge on any atom is 0.275 e. The smallest absolute Gasteiger partial charge is 0.275 e. The van der Waals surface area contributed by atoms with Crippen molar-refractivity contribution in [3.63, 3.8) is 0 Å². The molecule has 0 amide bonds. The molecule has 0 bridgehead atoms. The fraction of sp³-hybridized carbons (Fsp3) is 1.00. The summed E-state index contributed by atoms with van der Waals surface area (Å²) in [5.74, 6) is -0.571. The first-order chi connectivity index (χ1) is 10.3. The van der Waals surface area contributed by atoms with Crippen molar-refractivity contribution in [2.75, 3.05) is 32.7 Å². The van der Waals surface area contributed by atoms with Crippen molar-refractivity contribution in [1.29, 1.82) is 0 Å². The Hall–Kier alpha value is -0.220. The van der Waals surface area contributed by atoms with Crippen molar-refractivity contribution < 1.29 is 8.78 Å². The zero-order chi connectivity index (χ0) is 16.3. The van der Waals surface area contributed by atoms with Crippen LogP contribution in [0.2, 0.25) is 0 Å². The Morgan fingerprint density at radius 1 is 1.00 bits per heavy atom. The molecule has 2 heterocycles. The summed E-state index contributed by atoms with van der Waals surface area (Å²) in [5, 5.41) is 0. The minimum atomic E-state index is -2.56. The van der Waals surface area contributed by atoms with Gasteiger partial charge in [-0.2, -0.15) is 0 Å². The van der Waals surface area contributed by atoms with Crippen LogP contribution in [0.4, 0.5) is 8.78 Å². The predicted molar refractivity (Wildman–Crippen MR) is 88.4 cm³/mol. The number of nitrogens with zero attached hydrogens (tertiary/aromatic N) is 2. The van der Waals surface area contributed by atoms with Crippen LogP contribution < -0.4 is 0 Å². The van der Waals surface area contributed by atoms with E-state index in [-0.39, 0.29) is 6.54 Å². The second-order valence-corrected chi connectivity index (χ2v) is 8.14. The number of likely N-dealkylation sites (tertiary alicyclic amines) is 2. The summed E-state index contributed by atoms with van der Waals surface area (Å²) in [4.78, 5) is 4.05. The van der Waals surface area contributed by atoms with Gasteiger partial charge in [0, 0.05) is 6.54 Å². The van der Waals surface area contributed by atoms with Gasteiger partial charge in [0.05, 0.1) is 12.6 Å². The molecule has 2 saturated heterocycles. The Bertz CT molecular complexity index is 336. The number of alkyl halides is 2. The normalized spacial score (nSPS) is 28.6. The molecule has 0 aliphatic carbocycles. The summed E-state index contributed by atoms with van der Waals surface area (Å²) >= 11 is 0. The second-order valence-electron chi connectivity index (χ2n) is 8.14. The molecule has 1 unspecified atom stereocenters. The summed E-state index contributed by atoms with van der Waals surface area (Å²) in [6.07, 6.45) is 3.81. The van der Waals surface area contributed by atoms with Gasteiger partial charge >= 0.3 is 0 Å². The van der Waals surface area contributed by atoms with E-state index in [1.165, 1.54) is 0 Å². The van der Waals surface area contributed by atoms with E-state index in [1.54, 1.807) is 0 Å². The third kappa shape index (κ3) is 4.64. The first kappa shape index (κ1) is 18.1. The first-order valence-corrected chi connectivity index (χ1v) is 9.14. The van der Waals surface area contributed by atoms with Crippen molar-refractivity contribution in [3.05, 3.63) is 0 Å². The molecule has 0 aromatic carbocycles. The van der Waals surface area contributed by atoms with Gasteiger partial charge in [0.1, 0.15) is 0 Å². The van der Waals surface area contributed by atoms with Crippen LogP contribution in [0.15, 0.2) is 0 Å². The Kier molecular flexibility index (Phi) is 6.23. The number of hydrogen-bond donors (Lipinski definition) is 0. The molecule has 0 saturated carbocycles. The average Bonchev–Trinajstić information content (AvgIpc) is 2.44. The molecule has 0 aromatic rings. The molecule has 1 atom stereocenters. The van der Waals surface area contributed by atoms with Gasteiger partial charge in [0.15, 0.2) is 0 Å². The number of rotatable bonds is 5. The van der Waals surface area contributed by atoms with Crippen LogP contribution in [0, 0.1) is 17.8 Å². The van der Waals surface area contributed by atoms with E-state index >= 15 is 0 Å². The molecule has 2 nitrogen and oxygen atoms in total. The van der Waals surface area contributed by atoms with Gasteiger partial charge in [0.2, 0.25) is 0 Å². The van der Waals surface area contributed by atoms with Gasteiger partial charge in [0.25, 0.3) is 5.92 Å². The number of hydrogen-bond acceptors (Lipinski definition) is 2. The Morgan fingerprint density at radius 3 is 2.14 bits per heavy atom. The van der Waals surface area contributed by atoms with Gasteiger partial charge in [-0.15, -0.1) is 0 Å². The molecule has 2 rings (SSSR count). The van der Waals surface area contributed by atoms with E-state index < -0.39 is 12.0 Å². The summed E-state index contributed by atoms with van der Waals surface area (Å²) in [6.45, 7) is 12.1. The summed E-state index contributed by atoms with van der Waals surface area (Å²) in [6, 6.07) is -0.532. The van der Waals surface area contributed by atoms with Crippen molar-refractivity contribution >= 4 is 0 Å². The minimum Gasteiger partial charge on any atom is -0.297 e. The molecule has 0 aromatic heterocycles. The number of halogens is 2. The van der Waals surface area contributed by atoms with E-state index in [0.29, 0.717) is 18.3 Å². The summed E-state index contributed by atoms with van der Waals surface area (Å²) in [5.41, 5.74) is 0. The monoisotopic (exact) mass is 316 g/mol. The van der Waals surface area contributed by atoms with Crippen molar-refractivity contribution in [2.45, 2.75) is 65.3 Å². The Balaban J connectivity index is 1.86. The summed E-state index contributed by atoms with van der Waals surface area (Å²) < 4.78 is 29.2. The fourth-order valence-corrected chi connectivity index (χ4v) is 3.98. The van der Waals surface area contributed by atoms with Crippen molar-refractivity contribution in [1.82, 2.24) is 9.80 Å². The molecular formula is C18H34F2N2. The topological polar surface area (TPSA) is 6.48 Å². The molecule has 0 spiro atoms. The van der Waals surface area contributed by atoms with Crippen LogP contribution >= 0.6 is 0 Å². The molecule has 0 radical (unpaired) electrons. The maximum absolute atomic E-state index is 14.6. The maximum atomic E-state index is 14.6. The Morgan fingerprint density at radius 2 is 1.64 bits per heavy atom. The predicted octanol–water partition coefficient (Wildman–Crippen LogP) is 4.11. The van der Waals surface area contributed by atoms with Crippen LogP contribution in [0.5, 0.6) is 0 Å². The van der Waals surface area contributed by atoms with Crippen LogP contribution in [0.25, 0.3) is 0 Å². The van der Waals surface area contributed by atoms with Crippen LogP contribution in [-0.4, -0.2) is 54.5 Å². The zero-order valence-electron chi connectivity index (χ0n) is 14.8. The molecule has 0 N–H and O–H groups in total. The van der Waals surface area contributed by atoms with Gasteiger partial charge < -0.3 is 0 Å². The minimum absolute atomic E-state index is 0.0471. The third-order valence-corrected chi connectivity index (χ3v) is 5.62. The standard InChI is InChI=1S/C18H34F2N2/c1-14(2)5-9-21-10-8-17(18(19,20)13-21)22-11-6-16(7-12-22)15(3)4/h14-17H,5-13H2,1-4H3. The lowest BCUT2D eigenvalue weighted by molar-refractivity contribution is -0.133. The van der Waals surface area contributed by atoms with Gasteiger partial charge in [-0.1, -0.05) is 27.7 Å².